The molecule has 0 bridgehead atoms. The second kappa shape index (κ2) is 17.4. The van der Waals surface area contributed by atoms with Crippen molar-refractivity contribution >= 4 is 15.9 Å². The highest BCUT2D eigenvalue weighted by Crippen LogP contribution is 2.08. The monoisotopic (exact) mass is 320 g/mol. The Labute approximate surface area is 123 Å². The third-order valence-electron chi connectivity index (χ3n) is 3.31. The van der Waals surface area contributed by atoms with Gasteiger partial charge in [-0.1, -0.05) is 80.6 Å². The zero-order chi connectivity index (χ0) is 13.3. The van der Waals surface area contributed by atoms with E-state index in [1.807, 2.05) is 0 Å². The largest absolute Gasteiger partial charge is 0.381 e. The number of halogens is 1. The molecular weight excluding hydrogens is 288 g/mol. The number of rotatable bonds is 15. The van der Waals surface area contributed by atoms with Gasteiger partial charge < -0.3 is 4.74 Å². The molecule has 18 heavy (non-hydrogen) atoms. The van der Waals surface area contributed by atoms with Crippen molar-refractivity contribution < 1.29 is 4.74 Å². The normalized spacial score (nSPS) is 11.0. The van der Waals surface area contributed by atoms with Crippen molar-refractivity contribution in [2.24, 2.45) is 0 Å². The smallest absolute Gasteiger partial charge is 0.0466 e. The van der Waals surface area contributed by atoms with Crippen molar-refractivity contribution in [1.29, 1.82) is 0 Å². The Balaban J connectivity index is 2.86. The number of unbranched alkanes of at least 4 members (excludes halogenated alkanes) is 10. The van der Waals surface area contributed by atoms with Gasteiger partial charge in [0.15, 0.2) is 0 Å². The molecule has 0 radical (unpaired) electrons. The summed E-state index contributed by atoms with van der Waals surface area (Å²) >= 11 is 3.47. The molecule has 0 aromatic carbocycles. The van der Waals surface area contributed by atoms with Crippen LogP contribution >= 0.6 is 15.9 Å². The van der Waals surface area contributed by atoms with Crippen LogP contribution in [0.5, 0.6) is 0 Å². The fraction of sp³-hybridized carbons (Fsp3) is 1.00. The van der Waals surface area contributed by atoms with Gasteiger partial charge in [0, 0.05) is 18.5 Å². The molecule has 0 saturated carbocycles. The Bertz CT molecular complexity index is 123. The second-order valence-electron chi connectivity index (χ2n) is 5.19. The SMILES string of the molecule is CCCCCCCOCCCCCCCCCBr. The molecule has 0 spiro atoms. The van der Waals surface area contributed by atoms with Crippen molar-refractivity contribution in [3.05, 3.63) is 0 Å². The predicted octanol–water partition coefficient (Wildman–Crippen LogP) is 6.10. The molecule has 0 amide bonds. The van der Waals surface area contributed by atoms with Crippen LogP contribution in [0.4, 0.5) is 0 Å². The van der Waals surface area contributed by atoms with E-state index >= 15 is 0 Å². The average molecular weight is 321 g/mol. The molecule has 0 fully saturated rings. The summed E-state index contributed by atoms with van der Waals surface area (Å²) < 4.78 is 5.65. The van der Waals surface area contributed by atoms with Crippen molar-refractivity contribution in [2.75, 3.05) is 18.5 Å². The molecule has 0 N–H and O–H groups in total. The van der Waals surface area contributed by atoms with Gasteiger partial charge >= 0.3 is 0 Å². The first kappa shape index (κ1) is 18.4. The van der Waals surface area contributed by atoms with Gasteiger partial charge in [0.25, 0.3) is 0 Å². The molecule has 0 aromatic rings. The number of hydrogen-bond donors (Lipinski definition) is 0. The van der Waals surface area contributed by atoms with E-state index in [1.165, 1.54) is 82.4 Å². The topological polar surface area (TPSA) is 9.23 Å². The van der Waals surface area contributed by atoms with Crippen molar-refractivity contribution in [3.8, 4) is 0 Å². The van der Waals surface area contributed by atoms with Crippen LogP contribution in [0.15, 0.2) is 0 Å². The molecule has 110 valence electrons. The van der Waals surface area contributed by atoms with Crippen LogP contribution < -0.4 is 0 Å². The van der Waals surface area contributed by atoms with E-state index in [9.17, 15) is 0 Å². The zero-order valence-electron chi connectivity index (χ0n) is 12.4. The van der Waals surface area contributed by atoms with Gasteiger partial charge in [0.2, 0.25) is 0 Å². The Hall–Kier alpha value is 0.440. The molecular formula is C16H33BrO. The molecule has 0 rings (SSSR count). The van der Waals surface area contributed by atoms with Gasteiger partial charge in [-0.25, -0.2) is 0 Å². The lowest BCUT2D eigenvalue weighted by Crippen LogP contribution is -1.97. The fourth-order valence-electron chi connectivity index (χ4n) is 2.09. The van der Waals surface area contributed by atoms with Crippen LogP contribution in [0.1, 0.15) is 84.0 Å². The maximum atomic E-state index is 5.65. The number of hydrogen-bond acceptors (Lipinski definition) is 1. The molecule has 1 nitrogen and oxygen atoms in total. The zero-order valence-corrected chi connectivity index (χ0v) is 14.0. The summed E-state index contributed by atoms with van der Waals surface area (Å²) in [4.78, 5) is 0. The fourth-order valence-corrected chi connectivity index (χ4v) is 2.49. The van der Waals surface area contributed by atoms with Crippen molar-refractivity contribution in [3.63, 3.8) is 0 Å². The molecule has 0 unspecified atom stereocenters. The summed E-state index contributed by atoms with van der Waals surface area (Å²) in [6, 6.07) is 0. The number of ether oxygens (including phenoxy) is 1. The van der Waals surface area contributed by atoms with Gasteiger partial charge in [-0.05, 0) is 19.3 Å². The standard InChI is InChI=1S/C16H33BrO/c1-2-3-4-9-12-15-18-16-13-10-7-5-6-8-11-14-17/h2-16H2,1H3. The van der Waals surface area contributed by atoms with E-state index < -0.39 is 0 Å². The van der Waals surface area contributed by atoms with E-state index in [1.54, 1.807) is 0 Å². The van der Waals surface area contributed by atoms with E-state index in [0.717, 1.165) is 13.2 Å². The Morgan fingerprint density at radius 1 is 0.611 bits per heavy atom. The second-order valence-corrected chi connectivity index (χ2v) is 5.98. The third kappa shape index (κ3) is 16.4. The lowest BCUT2D eigenvalue weighted by molar-refractivity contribution is 0.125. The summed E-state index contributed by atoms with van der Waals surface area (Å²) in [6.07, 6.45) is 16.2. The Kier molecular flexibility index (Phi) is 17.9. The minimum absolute atomic E-state index is 0.981. The van der Waals surface area contributed by atoms with Gasteiger partial charge in [0.1, 0.15) is 0 Å². The van der Waals surface area contributed by atoms with E-state index in [4.69, 9.17) is 4.74 Å². The summed E-state index contributed by atoms with van der Waals surface area (Å²) in [5.41, 5.74) is 0. The van der Waals surface area contributed by atoms with Gasteiger partial charge in [-0.15, -0.1) is 0 Å². The first-order chi connectivity index (χ1) is 8.91. The quantitative estimate of drug-likeness (QED) is 0.261. The van der Waals surface area contributed by atoms with Gasteiger partial charge in [0.05, 0.1) is 0 Å². The summed E-state index contributed by atoms with van der Waals surface area (Å²) in [5.74, 6) is 0. The number of alkyl halides is 1. The maximum Gasteiger partial charge on any atom is 0.0466 e. The van der Waals surface area contributed by atoms with Crippen LogP contribution in [-0.2, 0) is 4.74 Å². The molecule has 2 heteroatoms. The average Bonchev–Trinajstić information content (AvgIpc) is 2.39. The molecule has 0 atom stereocenters. The third-order valence-corrected chi connectivity index (χ3v) is 3.88. The van der Waals surface area contributed by atoms with E-state index in [0.29, 0.717) is 0 Å². The Morgan fingerprint density at radius 3 is 1.56 bits per heavy atom. The van der Waals surface area contributed by atoms with Gasteiger partial charge in [-0.3, -0.25) is 0 Å². The molecule has 0 aromatic heterocycles. The van der Waals surface area contributed by atoms with Crippen molar-refractivity contribution in [1.82, 2.24) is 0 Å². The van der Waals surface area contributed by atoms with Crippen LogP contribution in [0.3, 0.4) is 0 Å². The molecule has 0 aliphatic heterocycles. The van der Waals surface area contributed by atoms with Crippen LogP contribution in [0.25, 0.3) is 0 Å². The summed E-state index contributed by atoms with van der Waals surface area (Å²) in [7, 11) is 0. The van der Waals surface area contributed by atoms with E-state index in [2.05, 4.69) is 22.9 Å². The first-order valence-electron chi connectivity index (χ1n) is 8.05. The van der Waals surface area contributed by atoms with Gasteiger partial charge in [-0.2, -0.15) is 0 Å². The predicted molar refractivity (Wildman–Crippen MR) is 85.7 cm³/mol. The lowest BCUT2D eigenvalue weighted by atomic mass is 10.1. The highest BCUT2D eigenvalue weighted by molar-refractivity contribution is 9.09. The molecule has 0 saturated heterocycles. The molecule has 0 heterocycles. The highest BCUT2D eigenvalue weighted by Gasteiger charge is 1.93. The summed E-state index contributed by atoms with van der Waals surface area (Å²) in [6.45, 7) is 4.22. The first-order valence-corrected chi connectivity index (χ1v) is 9.17. The lowest BCUT2D eigenvalue weighted by Gasteiger charge is -2.04. The summed E-state index contributed by atoms with van der Waals surface area (Å²) in [5, 5.41) is 1.17. The molecule has 0 aliphatic rings. The Morgan fingerprint density at radius 2 is 1.06 bits per heavy atom. The van der Waals surface area contributed by atoms with Crippen LogP contribution in [0.2, 0.25) is 0 Å². The maximum absolute atomic E-state index is 5.65. The van der Waals surface area contributed by atoms with Crippen molar-refractivity contribution in [2.45, 2.75) is 84.0 Å². The minimum Gasteiger partial charge on any atom is -0.381 e. The minimum atomic E-state index is 0.981. The highest BCUT2D eigenvalue weighted by atomic mass is 79.9. The van der Waals surface area contributed by atoms with Crippen LogP contribution in [0, 0.1) is 0 Å². The van der Waals surface area contributed by atoms with E-state index in [-0.39, 0.29) is 0 Å². The van der Waals surface area contributed by atoms with Crippen LogP contribution in [-0.4, -0.2) is 18.5 Å². The molecule has 0 aliphatic carbocycles.